The van der Waals surface area contributed by atoms with Gasteiger partial charge in [0.1, 0.15) is 31.9 Å². The highest BCUT2D eigenvalue weighted by atomic mass is 31.2. The Hall–Kier alpha value is -0.830. The summed E-state index contributed by atoms with van der Waals surface area (Å²) in [5, 5.41) is 7.34. The third kappa shape index (κ3) is 7.52. The van der Waals surface area contributed by atoms with Crippen molar-refractivity contribution in [3.05, 3.63) is 12.7 Å². The van der Waals surface area contributed by atoms with E-state index in [9.17, 15) is 4.57 Å². The summed E-state index contributed by atoms with van der Waals surface area (Å²) < 4.78 is 37.2. The second-order valence-electron chi connectivity index (χ2n) is 6.90. The van der Waals surface area contributed by atoms with Gasteiger partial charge in [-0.2, -0.15) is 0 Å². The molecular formula is C15H32N4O5P+. The molecule has 1 aliphatic heterocycles. The fourth-order valence-corrected chi connectivity index (χ4v) is 3.30. The van der Waals surface area contributed by atoms with Crippen LogP contribution in [0.5, 0.6) is 0 Å². The van der Waals surface area contributed by atoms with Crippen molar-refractivity contribution in [2.24, 2.45) is 0 Å². The molecule has 0 aliphatic carbocycles. The van der Waals surface area contributed by atoms with Crippen LogP contribution in [0.25, 0.3) is 0 Å². The number of quaternary nitrogens is 1. The molecule has 2 rings (SSSR count). The Kier molecular flexibility index (Phi) is 8.18. The topological polar surface area (TPSA) is 84.7 Å². The molecule has 2 unspecified atom stereocenters. The van der Waals surface area contributed by atoms with E-state index >= 15 is 0 Å². The SMILES string of the molecule is CC.CC1(C)OCC(COP(=O)(OCC[N+](C)(C)C)n2cnnc2)O1. The molecule has 146 valence electrons. The Bertz CT molecular complexity index is 545. The summed E-state index contributed by atoms with van der Waals surface area (Å²) in [5.74, 6) is -0.654. The van der Waals surface area contributed by atoms with Gasteiger partial charge in [0, 0.05) is 0 Å². The van der Waals surface area contributed by atoms with Gasteiger partial charge in [-0.1, -0.05) is 13.8 Å². The van der Waals surface area contributed by atoms with Crippen LogP contribution in [0.4, 0.5) is 0 Å². The van der Waals surface area contributed by atoms with Crippen LogP contribution in [-0.2, 0) is 23.1 Å². The number of rotatable bonds is 8. The van der Waals surface area contributed by atoms with Gasteiger partial charge in [0.05, 0.1) is 34.4 Å². The van der Waals surface area contributed by atoms with E-state index < -0.39 is 13.5 Å². The Morgan fingerprint density at radius 2 is 1.84 bits per heavy atom. The molecular weight excluding hydrogens is 347 g/mol. The van der Waals surface area contributed by atoms with E-state index in [0.717, 1.165) is 0 Å². The first-order valence-electron chi connectivity index (χ1n) is 8.46. The molecule has 25 heavy (non-hydrogen) atoms. The van der Waals surface area contributed by atoms with E-state index in [1.807, 2.05) is 48.8 Å². The van der Waals surface area contributed by atoms with E-state index in [0.29, 0.717) is 17.6 Å². The molecule has 1 saturated heterocycles. The van der Waals surface area contributed by atoms with E-state index in [-0.39, 0.29) is 19.3 Å². The normalized spacial score (nSPS) is 22.1. The maximum Gasteiger partial charge on any atom is 0.441 e. The van der Waals surface area contributed by atoms with Crippen LogP contribution >= 0.6 is 7.75 Å². The second-order valence-corrected chi connectivity index (χ2v) is 8.82. The van der Waals surface area contributed by atoms with Crippen molar-refractivity contribution in [1.29, 1.82) is 0 Å². The summed E-state index contributed by atoms with van der Waals surface area (Å²) >= 11 is 0. The van der Waals surface area contributed by atoms with Crippen molar-refractivity contribution in [3.63, 3.8) is 0 Å². The Morgan fingerprint density at radius 3 is 2.32 bits per heavy atom. The fourth-order valence-electron chi connectivity index (χ4n) is 1.94. The van der Waals surface area contributed by atoms with Gasteiger partial charge < -0.3 is 14.0 Å². The third-order valence-electron chi connectivity index (χ3n) is 3.20. The summed E-state index contributed by atoms with van der Waals surface area (Å²) in [7, 11) is 2.52. The van der Waals surface area contributed by atoms with Crippen molar-refractivity contribution < 1.29 is 27.6 Å². The summed E-state index contributed by atoms with van der Waals surface area (Å²) in [6.45, 7) is 9.10. The molecule has 0 bridgehead atoms. The Balaban J connectivity index is 0.00000151. The third-order valence-corrected chi connectivity index (χ3v) is 4.95. The predicted molar refractivity (Wildman–Crippen MR) is 94.1 cm³/mol. The van der Waals surface area contributed by atoms with E-state index in [1.54, 1.807) is 0 Å². The molecule has 0 aromatic carbocycles. The highest BCUT2D eigenvalue weighted by Crippen LogP contribution is 2.49. The monoisotopic (exact) mass is 379 g/mol. The molecule has 0 radical (unpaired) electrons. The van der Waals surface area contributed by atoms with Gasteiger partial charge in [0.15, 0.2) is 5.79 Å². The van der Waals surface area contributed by atoms with Crippen molar-refractivity contribution >= 4 is 7.75 Å². The van der Waals surface area contributed by atoms with Gasteiger partial charge in [-0.05, 0) is 13.8 Å². The zero-order valence-corrected chi connectivity index (χ0v) is 17.2. The van der Waals surface area contributed by atoms with E-state index in [1.165, 1.54) is 17.0 Å². The summed E-state index contributed by atoms with van der Waals surface area (Å²) in [4.78, 5) is 0. The molecule has 1 aromatic heterocycles. The average molecular weight is 379 g/mol. The maximum atomic E-state index is 13.0. The number of hydrogen-bond acceptors (Lipinski definition) is 7. The molecule has 0 N–H and O–H groups in total. The molecule has 2 atom stereocenters. The van der Waals surface area contributed by atoms with Gasteiger partial charge >= 0.3 is 7.75 Å². The highest BCUT2D eigenvalue weighted by molar-refractivity contribution is 7.52. The van der Waals surface area contributed by atoms with Crippen LogP contribution in [0.2, 0.25) is 0 Å². The molecule has 0 saturated carbocycles. The molecule has 1 aromatic rings. The summed E-state index contributed by atoms with van der Waals surface area (Å²) in [6, 6.07) is 0. The molecule has 1 fully saturated rings. The van der Waals surface area contributed by atoms with Crippen LogP contribution in [0.15, 0.2) is 12.7 Å². The summed E-state index contributed by atoms with van der Waals surface area (Å²) in [5.41, 5.74) is 0. The first-order chi connectivity index (χ1) is 11.6. The minimum atomic E-state index is -3.56. The standard InChI is InChI=1S/C13H26N4O5P.C2H6/c1-13(2)19-8-12(22-13)9-21-23(18,16-10-14-15-11-16)20-7-6-17(3,4)5;1-2/h10-12H,6-9H2,1-5H3;1-2H3/q+1;. The zero-order valence-electron chi connectivity index (χ0n) is 16.3. The largest absolute Gasteiger partial charge is 0.441 e. The molecule has 10 heteroatoms. The van der Waals surface area contributed by atoms with Crippen LogP contribution in [0.1, 0.15) is 27.7 Å². The molecule has 1 aliphatic rings. The molecule has 0 amide bonds. The van der Waals surface area contributed by atoms with E-state index in [2.05, 4.69) is 10.2 Å². The number of aromatic nitrogens is 3. The predicted octanol–water partition coefficient (Wildman–Crippen LogP) is 2.15. The van der Waals surface area contributed by atoms with Crippen LogP contribution in [-0.4, -0.2) is 78.4 Å². The van der Waals surface area contributed by atoms with Crippen molar-refractivity contribution in [1.82, 2.24) is 14.5 Å². The second kappa shape index (κ2) is 9.21. The minimum Gasteiger partial charge on any atom is -0.348 e. The lowest BCUT2D eigenvalue weighted by Crippen LogP contribution is -2.37. The lowest BCUT2D eigenvalue weighted by atomic mass is 10.4. The van der Waals surface area contributed by atoms with Gasteiger partial charge in [0.2, 0.25) is 0 Å². The molecule has 0 spiro atoms. The van der Waals surface area contributed by atoms with Gasteiger partial charge in [-0.3, -0.25) is 9.05 Å². The smallest absolute Gasteiger partial charge is 0.348 e. The Morgan fingerprint density at radius 1 is 1.24 bits per heavy atom. The van der Waals surface area contributed by atoms with Gasteiger partial charge in [0.25, 0.3) is 0 Å². The number of ether oxygens (including phenoxy) is 2. The lowest BCUT2D eigenvalue weighted by Gasteiger charge is -2.25. The van der Waals surface area contributed by atoms with Crippen LogP contribution < -0.4 is 0 Å². The quantitative estimate of drug-likeness (QED) is 0.505. The number of likely N-dealkylation sites (N-methyl/N-ethyl adjacent to an activating group) is 1. The highest BCUT2D eigenvalue weighted by Gasteiger charge is 2.36. The fraction of sp³-hybridized carbons (Fsp3) is 0.867. The lowest BCUT2D eigenvalue weighted by molar-refractivity contribution is -0.870. The van der Waals surface area contributed by atoms with Crippen molar-refractivity contribution in [2.75, 3.05) is 47.5 Å². The molecule has 2 heterocycles. The van der Waals surface area contributed by atoms with Crippen molar-refractivity contribution in [3.8, 4) is 0 Å². The Labute approximate surface area is 150 Å². The summed E-state index contributed by atoms with van der Waals surface area (Å²) in [6.07, 6.45) is 2.35. The van der Waals surface area contributed by atoms with E-state index in [4.69, 9.17) is 18.5 Å². The zero-order chi connectivity index (χ0) is 19.1. The number of nitrogens with zero attached hydrogens (tertiary/aromatic N) is 4. The number of hydrogen-bond donors (Lipinski definition) is 0. The minimum absolute atomic E-state index is 0.100. The van der Waals surface area contributed by atoms with Crippen LogP contribution in [0, 0.1) is 0 Å². The van der Waals surface area contributed by atoms with Crippen LogP contribution in [0.3, 0.4) is 0 Å². The van der Waals surface area contributed by atoms with Gasteiger partial charge in [-0.15, -0.1) is 10.2 Å². The first-order valence-corrected chi connectivity index (χ1v) is 9.96. The molecule has 9 nitrogen and oxygen atoms in total. The maximum absolute atomic E-state index is 13.0. The first kappa shape index (κ1) is 22.2. The average Bonchev–Trinajstić information content (AvgIpc) is 3.16. The van der Waals surface area contributed by atoms with Gasteiger partial charge in [-0.25, -0.2) is 8.90 Å². The van der Waals surface area contributed by atoms with Crippen molar-refractivity contribution in [2.45, 2.75) is 39.6 Å².